The van der Waals surface area contributed by atoms with Gasteiger partial charge in [-0.05, 0) is 38.8 Å². The molecule has 0 fully saturated rings. The van der Waals surface area contributed by atoms with E-state index >= 15 is 0 Å². The lowest BCUT2D eigenvalue weighted by Gasteiger charge is -2.25. The molecule has 1 aromatic heterocycles. The van der Waals surface area contributed by atoms with Crippen LogP contribution >= 0.6 is 11.8 Å². The van der Waals surface area contributed by atoms with Gasteiger partial charge in [0.2, 0.25) is 0 Å². The van der Waals surface area contributed by atoms with E-state index in [1.165, 1.54) is 32.1 Å². The molecule has 0 bridgehead atoms. The fourth-order valence-electron chi connectivity index (χ4n) is 3.44. The largest absolute Gasteiger partial charge is 0.308 e. The van der Waals surface area contributed by atoms with E-state index in [0.29, 0.717) is 12.0 Å². The van der Waals surface area contributed by atoms with Gasteiger partial charge in [0.25, 0.3) is 0 Å². The molecule has 4 atom stereocenters. The molecule has 6 heteroatoms. The van der Waals surface area contributed by atoms with Crippen molar-refractivity contribution in [1.82, 2.24) is 19.7 Å². The Kier molecular flexibility index (Phi) is 10.9. The van der Waals surface area contributed by atoms with Gasteiger partial charge in [-0.25, -0.2) is 0 Å². The van der Waals surface area contributed by atoms with Crippen molar-refractivity contribution in [2.45, 2.75) is 83.7 Å². The van der Waals surface area contributed by atoms with Crippen LogP contribution in [0.15, 0.2) is 5.16 Å². The summed E-state index contributed by atoms with van der Waals surface area (Å²) in [5.41, 5.74) is 0. The lowest BCUT2D eigenvalue weighted by Crippen LogP contribution is -2.25. The quantitative estimate of drug-likeness (QED) is 0.370. The van der Waals surface area contributed by atoms with Crippen LogP contribution < -0.4 is 0 Å². The second-order valence-corrected chi connectivity index (χ2v) is 9.10. The molecule has 0 aliphatic heterocycles. The molecule has 0 saturated heterocycles. The average molecular weight is 380 g/mol. The molecule has 0 spiro atoms. The lowest BCUT2D eigenvalue weighted by molar-refractivity contribution is 0.244. The summed E-state index contributed by atoms with van der Waals surface area (Å²) < 4.78 is 2.19. The maximum Gasteiger partial charge on any atom is 0.191 e. The van der Waals surface area contributed by atoms with Crippen molar-refractivity contribution >= 4 is 19.6 Å². The van der Waals surface area contributed by atoms with Crippen molar-refractivity contribution in [3.05, 3.63) is 5.82 Å². The van der Waals surface area contributed by atoms with E-state index in [0.717, 1.165) is 35.0 Å². The summed E-state index contributed by atoms with van der Waals surface area (Å²) in [4.78, 5) is 2.38. The Morgan fingerprint density at radius 3 is 2.42 bits per heavy atom. The number of nitrogens with zero attached hydrogens (tertiary/aromatic N) is 4. The summed E-state index contributed by atoms with van der Waals surface area (Å²) in [6.07, 6.45) is 6.36. The molecule has 0 aromatic carbocycles. The van der Waals surface area contributed by atoms with E-state index in [1.54, 1.807) is 0 Å². The van der Waals surface area contributed by atoms with Gasteiger partial charge >= 0.3 is 0 Å². The first kappa shape index (κ1) is 23.6. The highest BCUT2D eigenvalue weighted by Crippen LogP contribution is 2.31. The summed E-state index contributed by atoms with van der Waals surface area (Å²) in [7, 11) is 6.68. The molecule has 1 rings (SSSR count). The van der Waals surface area contributed by atoms with Crippen molar-refractivity contribution in [3.63, 3.8) is 0 Å². The number of rotatable bonds is 13. The van der Waals surface area contributed by atoms with Gasteiger partial charge in [-0.15, -0.1) is 10.2 Å². The molecule has 0 N–H and O–H groups in total. The minimum atomic E-state index is 0.305. The molecule has 4 unspecified atom stereocenters. The maximum absolute atomic E-state index is 4.50. The third-order valence-corrected chi connectivity index (χ3v) is 7.28. The maximum atomic E-state index is 4.50. The van der Waals surface area contributed by atoms with E-state index in [4.69, 9.17) is 0 Å². The highest BCUT2D eigenvalue weighted by Gasteiger charge is 2.22. The fourth-order valence-corrected chi connectivity index (χ4v) is 4.51. The van der Waals surface area contributed by atoms with Crippen LogP contribution in [0.25, 0.3) is 0 Å². The number of unbranched alkanes of at least 4 members (excludes halogenated alkanes) is 1. The molecule has 0 aliphatic rings. The molecule has 1 heterocycles. The third kappa shape index (κ3) is 6.92. The first-order valence-electron chi connectivity index (χ1n) is 10.6. The summed E-state index contributed by atoms with van der Waals surface area (Å²) in [6, 6.07) is 0.305. The van der Waals surface area contributed by atoms with Crippen molar-refractivity contribution < 1.29 is 0 Å². The van der Waals surface area contributed by atoms with Gasteiger partial charge in [0.05, 0.1) is 6.04 Å². The zero-order chi connectivity index (χ0) is 19.7. The Morgan fingerprint density at radius 1 is 1.15 bits per heavy atom. The number of thioether (sulfide) groups is 1. The fraction of sp³-hybridized carbons (Fsp3) is 0.900. The Bertz CT molecular complexity index is 508. The third-order valence-electron chi connectivity index (χ3n) is 5.97. The zero-order valence-corrected chi connectivity index (χ0v) is 19.3. The molecule has 0 amide bonds. The Morgan fingerprint density at radius 2 is 1.85 bits per heavy atom. The lowest BCUT2D eigenvalue weighted by atomic mass is 9.74. The molecule has 0 aliphatic carbocycles. The number of hydrogen-bond acceptors (Lipinski definition) is 4. The van der Waals surface area contributed by atoms with Gasteiger partial charge in [0, 0.05) is 12.8 Å². The molecule has 4 nitrogen and oxygen atoms in total. The molecule has 0 saturated carbocycles. The van der Waals surface area contributed by atoms with Crippen LogP contribution in [0.1, 0.15) is 78.6 Å². The van der Waals surface area contributed by atoms with Crippen LogP contribution in [0.4, 0.5) is 0 Å². The minimum Gasteiger partial charge on any atom is -0.308 e. The van der Waals surface area contributed by atoms with Crippen molar-refractivity contribution in [2.75, 3.05) is 19.3 Å². The molecular weight excluding hydrogens is 339 g/mol. The number of aromatic nitrogens is 3. The van der Waals surface area contributed by atoms with Gasteiger partial charge in [0.1, 0.15) is 7.85 Å². The summed E-state index contributed by atoms with van der Waals surface area (Å²) >= 11 is 1.87. The van der Waals surface area contributed by atoms with Crippen LogP contribution in [-0.2, 0) is 7.05 Å². The predicted molar refractivity (Wildman–Crippen MR) is 118 cm³/mol. The van der Waals surface area contributed by atoms with E-state index in [1.807, 2.05) is 11.8 Å². The second-order valence-electron chi connectivity index (χ2n) is 8.12. The minimum absolute atomic E-state index is 0.305. The number of hydrogen-bond donors (Lipinski definition) is 0. The molecule has 0 radical (unpaired) electrons. The van der Waals surface area contributed by atoms with Crippen LogP contribution in [0.5, 0.6) is 0 Å². The molecule has 1 aromatic rings. The highest BCUT2D eigenvalue weighted by atomic mass is 32.2. The standard InChI is InChI=1S/C20H41BN4S/c1-8-11-12-24(6)16(5)19-22-23-20(25(19)7)26-14-15(4)17(9-2)13-18(21)10-3/h15-18H,8-14,21H2,1-7H3. The first-order valence-corrected chi connectivity index (χ1v) is 11.6. The van der Waals surface area contributed by atoms with E-state index in [2.05, 4.69) is 76.2 Å². The van der Waals surface area contributed by atoms with Crippen LogP contribution in [0.2, 0.25) is 5.82 Å². The highest BCUT2D eigenvalue weighted by molar-refractivity contribution is 7.99. The van der Waals surface area contributed by atoms with Gasteiger partial charge in [0.15, 0.2) is 11.0 Å². The summed E-state index contributed by atoms with van der Waals surface area (Å²) in [5, 5.41) is 10.0. The first-order chi connectivity index (χ1) is 12.3. The van der Waals surface area contributed by atoms with Crippen molar-refractivity contribution in [3.8, 4) is 0 Å². The Hall–Kier alpha value is -0.485. The van der Waals surface area contributed by atoms with Gasteiger partial charge < -0.3 is 4.57 Å². The SMILES string of the molecule is BC(CC)CC(CC)C(C)CSc1nnc(C(C)N(C)CCCC)n1C. The molecule has 26 heavy (non-hydrogen) atoms. The van der Waals surface area contributed by atoms with E-state index in [9.17, 15) is 0 Å². The summed E-state index contributed by atoms with van der Waals surface area (Å²) in [6.45, 7) is 12.6. The average Bonchev–Trinajstić information content (AvgIpc) is 3.01. The summed E-state index contributed by atoms with van der Waals surface area (Å²) in [5.74, 6) is 4.55. The topological polar surface area (TPSA) is 34.0 Å². The molecule has 150 valence electrons. The van der Waals surface area contributed by atoms with Crippen LogP contribution in [0, 0.1) is 11.8 Å². The molecular formula is C20H41BN4S. The van der Waals surface area contributed by atoms with E-state index in [-0.39, 0.29) is 0 Å². The van der Waals surface area contributed by atoms with Crippen LogP contribution in [0.3, 0.4) is 0 Å². The smallest absolute Gasteiger partial charge is 0.191 e. The predicted octanol–water partition coefficient (Wildman–Crippen LogP) is 4.58. The zero-order valence-electron chi connectivity index (χ0n) is 18.5. The van der Waals surface area contributed by atoms with Gasteiger partial charge in [-0.2, -0.15) is 0 Å². The van der Waals surface area contributed by atoms with Gasteiger partial charge in [-0.1, -0.05) is 71.0 Å². The van der Waals surface area contributed by atoms with Crippen molar-refractivity contribution in [1.29, 1.82) is 0 Å². The Labute approximate surface area is 167 Å². The monoisotopic (exact) mass is 380 g/mol. The normalized spacial score (nSPS) is 16.6. The van der Waals surface area contributed by atoms with Crippen LogP contribution in [-0.4, -0.2) is 46.9 Å². The second kappa shape index (κ2) is 12.1. The van der Waals surface area contributed by atoms with Gasteiger partial charge in [-0.3, -0.25) is 4.90 Å². The van der Waals surface area contributed by atoms with Crippen molar-refractivity contribution in [2.24, 2.45) is 18.9 Å². The van der Waals surface area contributed by atoms with E-state index < -0.39 is 0 Å². The Balaban J connectivity index is 2.64.